The zero-order chi connectivity index (χ0) is 10.8. The molecule has 2 aromatic rings. The highest BCUT2D eigenvalue weighted by Gasteiger charge is 2.08. The second-order valence-electron chi connectivity index (χ2n) is 3.00. The van der Waals surface area contributed by atoms with E-state index in [1.54, 1.807) is 24.3 Å². The maximum absolute atomic E-state index is 10.9. The number of benzene rings is 1. The fourth-order valence-corrected chi connectivity index (χ4v) is 1.33. The molecule has 0 aliphatic carbocycles. The van der Waals surface area contributed by atoms with E-state index in [0.29, 0.717) is 11.1 Å². The molecule has 1 aromatic carbocycles. The van der Waals surface area contributed by atoms with Gasteiger partial charge in [0.25, 0.3) is 0 Å². The van der Waals surface area contributed by atoms with Crippen molar-refractivity contribution < 1.29 is 5.11 Å². The van der Waals surface area contributed by atoms with Gasteiger partial charge in [0.05, 0.1) is 11.6 Å². The lowest BCUT2D eigenvalue weighted by Crippen LogP contribution is -2.00. The molecule has 15 heavy (non-hydrogen) atoms. The third-order valence-corrected chi connectivity index (χ3v) is 1.99. The average Bonchev–Trinajstić information content (AvgIpc) is 2.58. The van der Waals surface area contributed by atoms with Crippen molar-refractivity contribution in [2.45, 2.75) is 0 Å². The van der Waals surface area contributed by atoms with Crippen molar-refractivity contribution in [1.29, 1.82) is 5.26 Å². The average molecular weight is 201 g/mol. The fourth-order valence-electron chi connectivity index (χ4n) is 1.33. The molecule has 0 radical (unpaired) electrons. The molecule has 0 saturated heterocycles. The first kappa shape index (κ1) is 9.09. The van der Waals surface area contributed by atoms with Crippen LogP contribution in [0.4, 0.5) is 0 Å². The number of nitrogens with zero attached hydrogens (tertiary/aromatic N) is 1. The summed E-state index contributed by atoms with van der Waals surface area (Å²) in [5.74, 6) is -0.227. The smallest absolute Gasteiger partial charge is 0.326 e. The van der Waals surface area contributed by atoms with Gasteiger partial charge in [0, 0.05) is 5.56 Å². The first-order chi connectivity index (χ1) is 7.20. The Labute approximate surface area is 84.6 Å². The number of aromatic amines is 2. The normalized spacial score (nSPS) is 9.80. The molecule has 0 bridgehead atoms. The van der Waals surface area contributed by atoms with Crippen LogP contribution in [-0.4, -0.2) is 15.1 Å². The Morgan fingerprint density at radius 3 is 2.73 bits per heavy atom. The molecule has 5 nitrogen and oxygen atoms in total. The molecule has 1 heterocycles. The van der Waals surface area contributed by atoms with Crippen LogP contribution >= 0.6 is 0 Å². The minimum absolute atomic E-state index is 0.227. The lowest BCUT2D eigenvalue weighted by atomic mass is 10.1. The molecule has 0 aliphatic rings. The zero-order valence-corrected chi connectivity index (χ0v) is 7.61. The Balaban J connectivity index is 2.59. The maximum Gasteiger partial charge on any atom is 0.326 e. The molecule has 0 aliphatic heterocycles. The highest BCUT2D eigenvalue weighted by molar-refractivity contribution is 5.65. The highest BCUT2D eigenvalue weighted by Crippen LogP contribution is 2.23. The summed E-state index contributed by atoms with van der Waals surface area (Å²) in [6, 6.07) is 8.58. The Morgan fingerprint density at radius 1 is 1.33 bits per heavy atom. The minimum atomic E-state index is -0.482. The van der Waals surface area contributed by atoms with Gasteiger partial charge in [-0.1, -0.05) is 12.1 Å². The van der Waals surface area contributed by atoms with Crippen molar-refractivity contribution in [3.05, 3.63) is 40.3 Å². The number of imidazole rings is 1. The monoisotopic (exact) mass is 201 g/mol. The lowest BCUT2D eigenvalue weighted by molar-refractivity contribution is 0.457. The Bertz CT molecular complexity index is 589. The first-order valence-electron chi connectivity index (χ1n) is 4.22. The van der Waals surface area contributed by atoms with E-state index in [0.717, 1.165) is 0 Å². The second kappa shape index (κ2) is 3.35. The van der Waals surface area contributed by atoms with Gasteiger partial charge in [-0.25, -0.2) is 4.79 Å². The summed E-state index contributed by atoms with van der Waals surface area (Å²) >= 11 is 0. The number of aromatic hydroxyl groups is 1. The van der Waals surface area contributed by atoms with Crippen LogP contribution in [0.5, 0.6) is 5.88 Å². The fraction of sp³-hybridized carbons (Fsp3) is 0. The maximum atomic E-state index is 10.9. The van der Waals surface area contributed by atoms with Crippen molar-refractivity contribution in [1.82, 2.24) is 9.97 Å². The molecule has 0 fully saturated rings. The van der Waals surface area contributed by atoms with Crippen LogP contribution in [0.1, 0.15) is 5.56 Å². The molecule has 0 amide bonds. The first-order valence-corrected chi connectivity index (χ1v) is 4.22. The van der Waals surface area contributed by atoms with Crippen LogP contribution in [-0.2, 0) is 0 Å². The van der Waals surface area contributed by atoms with Gasteiger partial charge in [0.15, 0.2) is 0 Å². The van der Waals surface area contributed by atoms with Crippen LogP contribution in [0.2, 0.25) is 0 Å². The number of hydrogen-bond acceptors (Lipinski definition) is 3. The molecular formula is C10H7N3O2. The van der Waals surface area contributed by atoms with Gasteiger partial charge in [-0.05, 0) is 12.1 Å². The van der Waals surface area contributed by atoms with Gasteiger partial charge in [-0.3, -0.25) is 4.98 Å². The van der Waals surface area contributed by atoms with Crippen LogP contribution in [0.25, 0.3) is 11.3 Å². The van der Waals surface area contributed by atoms with Crippen LogP contribution in [0.3, 0.4) is 0 Å². The van der Waals surface area contributed by atoms with E-state index in [2.05, 4.69) is 9.97 Å². The topological polar surface area (TPSA) is 92.7 Å². The molecule has 0 spiro atoms. The Morgan fingerprint density at radius 2 is 2.13 bits per heavy atom. The van der Waals surface area contributed by atoms with E-state index in [9.17, 15) is 9.90 Å². The van der Waals surface area contributed by atoms with Crippen molar-refractivity contribution in [3.8, 4) is 23.2 Å². The summed E-state index contributed by atoms with van der Waals surface area (Å²) in [7, 11) is 0. The summed E-state index contributed by atoms with van der Waals surface area (Å²) in [4.78, 5) is 15.5. The Hall–Kier alpha value is -2.48. The third-order valence-electron chi connectivity index (χ3n) is 1.99. The van der Waals surface area contributed by atoms with Gasteiger partial charge in [-0.15, -0.1) is 0 Å². The van der Waals surface area contributed by atoms with Gasteiger partial charge in [0.1, 0.15) is 5.69 Å². The quantitative estimate of drug-likeness (QED) is 0.641. The van der Waals surface area contributed by atoms with Crippen LogP contribution in [0, 0.1) is 11.3 Å². The number of rotatable bonds is 1. The molecular weight excluding hydrogens is 194 g/mol. The molecule has 0 atom stereocenters. The molecule has 5 heteroatoms. The molecule has 0 saturated carbocycles. The number of nitrogens with one attached hydrogen (secondary N) is 2. The van der Waals surface area contributed by atoms with Crippen molar-refractivity contribution >= 4 is 0 Å². The van der Waals surface area contributed by atoms with Gasteiger partial charge >= 0.3 is 5.69 Å². The molecule has 2 rings (SSSR count). The molecule has 3 N–H and O–H groups in total. The van der Waals surface area contributed by atoms with Crippen molar-refractivity contribution in [2.24, 2.45) is 0 Å². The van der Waals surface area contributed by atoms with Gasteiger partial charge < -0.3 is 10.1 Å². The van der Waals surface area contributed by atoms with E-state index in [1.165, 1.54) is 0 Å². The molecule has 74 valence electrons. The SMILES string of the molecule is N#Cc1cccc(-c2[nH]c(=O)[nH]c2O)c1. The minimum Gasteiger partial charge on any atom is -0.493 e. The highest BCUT2D eigenvalue weighted by atomic mass is 16.3. The number of H-pyrrole nitrogens is 2. The van der Waals surface area contributed by atoms with E-state index < -0.39 is 5.69 Å². The van der Waals surface area contributed by atoms with Gasteiger partial charge in [-0.2, -0.15) is 5.26 Å². The largest absolute Gasteiger partial charge is 0.493 e. The summed E-state index contributed by atoms with van der Waals surface area (Å²) in [5, 5.41) is 18.1. The van der Waals surface area contributed by atoms with Gasteiger partial charge in [0.2, 0.25) is 5.88 Å². The summed E-state index contributed by atoms with van der Waals surface area (Å²) in [6.07, 6.45) is 0. The van der Waals surface area contributed by atoms with Crippen LogP contribution < -0.4 is 5.69 Å². The number of hydrogen-bond donors (Lipinski definition) is 3. The number of nitriles is 1. The van der Waals surface area contributed by atoms with Crippen LogP contribution in [0.15, 0.2) is 29.1 Å². The van der Waals surface area contributed by atoms with E-state index in [4.69, 9.17) is 5.26 Å². The summed E-state index contributed by atoms with van der Waals surface area (Å²) < 4.78 is 0. The van der Waals surface area contributed by atoms with E-state index >= 15 is 0 Å². The Kier molecular flexibility index (Phi) is 2.03. The summed E-state index contributed by atoms with van der Waals surface area (Å²) in [5.41, 5.74) is 0.862. The zero-order valence-electron chi connectivity index (χ0n) is 7.61. The van der Waals surface area contributed by atoms with E-state index in [-0.39, 0.29) is 11.6 Å². The summed E-state index contributed by atoms with van der Waals surface area (Å²) in [6.45, 7) is 0. The standard InChI is InChI=1S/C10H7N3O2/c11-5-6-2-1-3-7(4-6)8-9(14)13-10(15)12-8/h1-4,14H,(H2,12,13,15). The van der Waals surface area contributed by atoms with Crippen molar-refractivity contribution in [2.75, 3.05) is 0 Å². The number of aromatic nitrogens is 2. The second-order valence-corrected chi connectivity index (χ2v) is 3.00. The predicted octanol–water partition coefficient (Wildman–Crippen LogP) is 0.947. The molecule has 1 aromatic heterocycles. The lowest BCUT2D eigenvalue weighted by Gasteiger charge is -1.98. The van der Waals surface area contributed by atoms with Crippen molar-refractivity contribution in [3.63, 3.8) is 0 Å². The molecule has 0 unspecified atom stereocenters. The third kappa shape index (κ3) is 1.60. The predicted molar refractivity (Wildman–Crippen MR) is 53.2 cm³/mol. The van der Waals surface area contributed by atoms with E-state index in [1.807, 2.05) is 6.07 Å².